The Morgan fingerprint density at radius 1 is 1.21 bits per heavy atom. The van der Waals surface area contributed by atoms with Gasteiger partial charge in [-0.2, -0.15) is 0 Å². The fourth-order valence-corrected chi connectivity index (χ4v) is 3.33. The molecule has 0 bridgehead atoms. The fourth-order valence-electron chi connectivity index (χ4n) is 3.33. The summed E-state index contributed by atoms with van der Waals surface area (Å²) in [6, 6.07) is 11.3. The zero-order valence-corrected chi connectivity index (χ0v) is 12.6. The van der Waals surface area contributed by atoms with Gasteiger partial charge in [0.1, 0.15) is 0 Å². The first-order valence-electron chi connectivity index (χ1n) is 7.51. The first-order chi connectivity index (χ1) is 9.00. The molecule has 2 nitrogen and oxygen atoms in total. The van der Waals surface area contributed by atoms with E-state index in [9.17, 15) is 0 Å². The minimum Gasteiger partial charge on any atom is -0.323 e. The second-order valence-electron chi connectivity index (χ2n) is 6.73. The summed E-state index contributed by atoms with van der Waals surface area (Å²) >= 11 is 0. The van der Waals surface area contributed by atoms with E-state index in [2.05, 4.69) is 50.1 Å². The van der Waals surface area contributed by atoms with Crippen molar-refractivity contribution >= 4 is 0 Å². The molecule has 0 aliphatic heterocycles. The number of hydrogen-bond acceptors (Lipinski definition) is 2. The van der Waals surface area contributed by atoms with Gasteiger partial charge in [0, 0.05) is 18.6 Å². The van der Waals surface area contributed by atoms with Gasteiger partial charge in [-0.3, -0.25) is 0 Å². The van der Waals surface area contributed by atoms with Gasteiger partial charge in [0.15, 0.2) is 0 Å². The summed E-state index contributed by atoms with van der Waals surface area (Å²) in [5.41, 5.74) is 7.83. The van der Waals surface area contributed by atoms with Gasteiger partial charge in [-0.25, -0.2) is 0 Å². The summed E-state index contributed by atoms with van der Waals surface area (Å²) in [4.78, 5) is 2.52. The Balaban J connectivity index is 2.00. The van der Waals surface area contributed by atoms with Crippen molar-refractivity contribution in [2.45, 2.75) is 51.6 Å². The van der Waals surface area contributed by atoms with Gasteiger partial charge in [0.2, 0.25) is 0 Å². The van der Waals surface area contributed by atoms with E-state index in [0.29, 0.717) is 0 Å². The lowest BCUT2D eigenvalue weighted by Gasteiger charge is -2.38. The number of benzene rings is 1. The molecule has 0 amide bonds. The summed E-state index contributed by atoms with van der Waals surface area (Å²) in [6.45, 7) is 5.64. The summed E-state index contributed by atoms with van der Waals surface area (Å²) in [5, 5.41) is 0. The molecule has 1 fully saturated rings. The lowest BCUT2D eigenvalue weighted by atomic mass is 9.80. The highest BCUT2D eigenvalue weighted by atomic mass is 15.1. The third kappa shape index (κ3) is 3.58. The van der Waals surface area contributed by atoms with E-state index in [1.54, 1.807) is 0 Å². The number of rotatable bonds is 5. The molecule has 0 saturated heterocycles. The molecule has 1 aromatic carbocycles. The van der Waals surface area contributed by atoms with Crippen LogP contribution in [0.4, 0.5) is 0 Å². The van der Waals surface area contributed by atoms with Gasteiger partial charge in [-0.15, -0.1) is 0 Å². The van der Waals surface area contributed by atoms with Crippen molar-refractivity contribution < 1.29 is 0 Å². The van der Waals surface area contributed by atoms with E-state index in [1.165, 1.54) is 31.2 Å². The van der Waals surface area contributed by atoms with Crippen LogP contribution in [-0.2, 0) is 0 Å². The van der Waals surface area contributed by atoms with Crippen LogP contribution in [0.5, 0.6) is 0 Å². The molecule has 0 spiro atoms. The van der Waals surface area contributed by atoms with Crippen molar-refractivity contribution in [3.8, 4) is 0 Å². The van der Waals surface area contributed by atoms with Crippen LogP contribution in [0.3, 0.4) is 0 Å². The summed E-state index contributed by atoms with van der Waals surface area (Å²) in [5.74, 6) is 0. The third-order valence-electron chi connectivity index (χ3n) is 4.61. The zero-order valence-electron chi connectivity index (χ0n) is 12.6. The highest BCUT2D eigenvalue weighted by molar-refractivity contribution is 5.20. The molecule has 0 radical (unpaired) electrons. The Morgan fingerprint density at radius 3 is 2.37 bits per heavy atom. The van der Waals surface area contributed by atoms with E-state index < -0.39 is 0 Å². The second kappa shape index (κ2) is 6.06. The van der Waals surface area contributed by atoms with Crippen molar-refractivity contribution in [2.75, 3.05) is 13.6 Å². The Bertz CT molecular complexity index is 380. The average molecular weight is 260 g/mol. The van der Waals surface area contributed by atoms with E-state index in [4.69, 9.17) is 5.73 Å². The number of hydrogen-bond donors (Lipinski definition) is 1. The lowest BCUT2D eigenvalue weighted by molar-refractivity contribution is 0.139. The Labute approximate surface area is 118 Å². The molecule has 0 heterocycles. The largest absolute Gasteiger partial charge is 0.323 e. The highest BCUT2D eigenvalue weighted by Gasteiger charge is 2.31. The standard InChI is InChI=1S/C17H28N2/c1-17(2,13-19(3)15-11-7-8-12-15)16(18)14-9-5-4-6-10-14/h4-6,9-10,15-16H,7-8,11-13,18H2,1-3H3. The van der Waals surface area contributed by atoms with Gasteiger partial charge in [-0.1, -0.05) is 57.0 Å². The lowest BCUT2D eigenvalue weighted by Crippen LogP contribution is -2.42. The summed E-state index contributed by atoms with van der Waals surface area (Å²) in [6.07, 6.45) is 5.49. The van der Waals surface area contributed by atoms with Gasteiger partial charge < -0.3 is 10.6 Å². The molecule has 1 unspecified atom stereocenters. The van der Waals surface area contributed by atoms with Gasteiger partial charge in [0.05, 0.1) is 0 Å². The van der Waals surface area contributed by atoms with Crippen LogP contribution in [0, 0.1) is 5.41 Å². The molecule has 1 atom stereocenters. The van der Waals surface area contributed by atoms with E-state index in [1.807, 2.05) is 6.07 Å². The quantitative estimate of drug-likeness (QED) is 0.876. The van der Waals surface area contributed by atoms with Crippen molar-refractivity contribution in [1.82, 2.24) is 4.90 Å². The third-order valence-corrected chi connectivity index (χ3v) is 4.61. The highest BCUT2D eigenvalue weighted by Crippen LogP contribution is 2.33. The minimum absolute atomic E-state index is 0.0950. The van der Waals surface area contributed by atoms with E-state index in [0.717, 1.165) is 12.6 Å². The van der Waals surface area contributed by atoms with Crippen LogP contribution in [0.25, 0.3) is 0 Å². The van der Waals surface area contributed by atoms with Crippen LogP contribution >= 0.6 is 0 Å². The predicted molar refractivity (Wildman–Crippen MR) is 82.0 cm³/mol. The monoisotopic (exact) mass is 260 g/mol. The van der Waals surface area contributed by atoms with Gasteiger partial charge >= 0.3 is 0 Å². The number of nitrogens with zero attached hydrogens (tertiary/aromatic N) is 1. The molecule has 0 aromatic heterocycles. The zero-order chi connectivity index (χ0) is 13.9. The average Bonchev–Trinajstić information content (AvgIpc) is 2.92. The van der Waals surface area contributed by atoms with E-state index in [-0.39, 0.29) is 11.5 Å². The van der Waals surface area contributed by atoms with Crippen LogP contribution in [-0.4, -0.2) is 24.5 Å². The molecule has 1 aromatic rings. The van der Waals surface area contributed by atoms with Crippen LogP contribution in [0.2, 0.25) is 0 Å². The molecule has 2 heteroatoms. The minimum atomic E-state index is 0.0950. The molecule has 2 N–H and O–H groups in total. The van der Waals surface area contributed by atoms with Crippen LogP contribution in [0.1, 0.15) is 51.1 Å². The molecule has 2 rings (SSSR count). The topological polar surface area (TPSA) is 29.3 Å². The molecular formula is C17H28N2. The SMILES string of the molecule is CN(CC(C)(C)C(N)c1ccccc1)C1CCCC1. The Morgan fingerprint density at radius 2 is 1.79 bits per heavy atom. The van der Waals surface area contributed by atoms with Crippen molar-refractivity contribution in [1.29, 1.82) is 0 Å². The first-order valence-corrected chi connectivity index (χ1v) is 7.51. The summed E-state index contributed by atoms with van der Waals surface area (Å²) in [7, 11) is 2.26. The number of nitrogens with two attached hydrogens (primary N) is 1. The van der Waals surface area contributed by atoms with Crippen LogP contribution in [0.15, 0.2) is 30.3 Å². The molecule has 19 heavy (non-hydrogen) atoms. The second-order valence-corrected chi connectivity index (χ2v) is 6.73. The van der Waals surface area contributed by atoms with E-state index >= 15 is 0 Å². The maximum atomic E-state index is 6.49. The predicted octanol–water partition coefficient (Wildman–Crippen LogP) is 3.59. The van der Waals surface area contributed by atoms with Crippen LogP contribution < -0.4 is 5.73 Å². The fraction of sp³-hybridized carbons (Fsp3) is 0.647. The van der Waals surface area contributed by atoms with Crippen molar-refractivity contribution in [3.63, 3.8) is 0 Å². The summed E-state index contributed by atoms with van der Waals surface area (Å²) < 4.78 is 0. The van der Waals surface area contributed by atoms with Gasteiger partial charge in [0.25, 0.3) is 0 Å². The Hall–Kier alpha value is -0.860. The first kappa shape index (κ1) is 14.5. The normalized spacial score (nSPS) is 19.0. The molecule has 1 aliphatic carbocycles. The van der Waals surface area contributed by atoms with Crippen molar-refractivity contribution in [3.05, 3.63) is 35.9 Å². The molecular weight excluding hydrogens is 232 g/mol. The Kier molecular flexibility index (Phi) is 4.64. The molecule has 1 saturated carbocycles. The van der Waals surface area contributed by atoms with Crippen molar-refractivity contribution in [2.24, 2.45) is 11.1 Å². The maximum absolute atomic E-state index is 6.49. The van der Waals surface area contributed by atoms with Gasteiger partial charge in [-0.05, 0) is 30.9 Å². The smallest absolute Gasteiger partial charge is 0.0359 e. The maximum Gasteiger partial charge on any atom is 0.0359 e. The molecule has 1 aliphatic rings. The molecule has 106 valence electrons.